The summed E-state index contributed by atoms with van der Waals surface area (Å²) in [7, 11) is 1.62. The van der Waals surface area contributed by atoms with Crippen LogP contribution in [0.4, 0.5) is 5.88 Å². The number of benzene rings is 2. The van der Waals surface area contributed by atoms with Gasteiger partial charge in [-0.3, -0.25) is 0 Å². The van der Waals surface area contributed by atoms with Crippen LogP contribution in [0.1, 0.15) is 22.6 Å². The van der Waals surface area contributed by atoms with E-state index in [1.165, 1.54) is 5.56 Å². The molecule has 7 nitrogen and oxygen atoms in total. The van der Waals surface area contributed by atoms with Gasteiger partial charge in [0.1, 0.15) is 29.9 Å². The zero-order chi connectivity index (χ0) is 21.6. The van der Waals surface area contributed by atoms with Gasteiger partial charge in [-0.25, -0.2) is 0 Å². The van der Waals surface area contributed by atoms with E-state index >= 15 is 0 Å². The quantitative estimate of drug-likeness (QED) is 0.416. The second-order valence-corrected chi connectivity index (χ2v) is 6.88. The number of ether oxygens (including phenoxy) is 2. The van der Waals surface area contributed by atoms with E-state index in [1.807, 2.05) is 61.5 Å². The monoisotopic (exact) mass is 415 g/mol. The van der Waals surface area contributed by atoms with Gasteiger partial charge in [0, 0.05) is 6.54 Å². The van der Waals surface area contributed by atoms with Crippen molar-refractivity contribution in [2.75, 3.05) is 12.4 Å². The number of hydrogen-bond donors (Lipinski definition) is 1. The first kappa shape index (κ1) is 20.1. The summed E-state index contributed by atoms with van der Waals surface area (Å²) < 4.78 is 22.4. The van der Waals surface area contributed by atoms with Crippen LogP contribution < -0.4 is 14.8 Å². The molecule has 0 saturated carbocycles. The molecule has 0 aliphatic rings. The molecule has 0 fully saturated rings. The average Bonchev–Trinajstić information content (AvgIpc) is 3.44. The van der Waals surface area contributed by atoms with E-state index in [0.29, 0.717) is 23.9 Å². The maximum atomic E-state index is 9.40. The van der Waals surface area contributed by atoms with Gasteiger partial charge in [0.05, 0.1) is 7.11 Å². The van der Waals surface area contributed by atoms with Gasteiger partial charge in [0.25, 0.3) is 5.89 Å². The Morgan fingerprint density at radius 2 is 1.71 bits per heavy atom. The van der Waals surface area contributed by atoms with Gasteiger partial charge in [-0.15, -0.1) is 0 Å². The van der Waals surface area contributed by atoms with Crippen LogP contribution in [-0.4, -0.2) is 12.1 Å². The summed E-state index contributed by atoms with van der Waals surface area (Å²) in [5.41, 5.74) is 2.34. The number of rotatable bonds is 8. The molecule has 7 heteroatoms. The highest BCUT2D eigenvalue weighted by Crippen LogP contribution is 2.28. The first-order valence-electron chi connectivity index (χ1n) is 9.71. The van der Waals surface area contributed by atoms with Crippen molar-refractivity contribution in [3.8, 4) is 29.2 Å². The summed E-state index contributed by atoms with van der Waals surface area (Å²) in [5, 5.41) is 12.5. The largest absolute Gasteiger partial charge is 0.497 e. The minimum Gasteiger partial charge on any atom is -0.497 e. The third-order valence-electron chi connectivity index (χ3n) is 4.62. The van der Waals surface area contributed by atoms with Gasteiger partial charge in [0.2, 0.25) is 11.6 Å². The van der Waals surface area contributed by atoms with Crippen molar-refractivity contribution >= 4 is 5.88 Å². The highest BCUT2D eigenvalue weighted by atomic mass is 16.5. The fourth-order valence-corrected chi connectivity index (χ4v) is 2.91. The highest BCUT2D eigenvalue weighted by Gasteiger charge is 2.17. The molecule has 31 heavy (non-hydrogen) atoms. The molecule has 2 aromatic heterocycles. The lowest BCUT2D eigenvalue weighted by molar-refractivity contribution is 0.271. The van der Waals surface area contributed by atoms with Crippen molar-refractivity contribution in [1.29, 1.82) is 5.26 Å². The van der Waals surface area contributed by atoms with Crippen LogP contribution >= 0.6 is 0 Å². The van der Waals surface area contributed by atoms with E-state index in [1.54, 1.807) is 19.2 Å². The Balaban J connectivity index is 1.42. The van der Waals surface area contributed by atoms with Gasteiger partial charge in [0.15, 0.2) is 5.76 Å². The molecule has 1 N–H and O–H groups in total. The fourth-order valence-electron chi connectivity index (χ4n) is 2.91. The van der Waals surface area contributed by atoms with Crippen LogP contribution in [-0.2, 0) is 13.2 Å². The fraction of sp³-hybridized carbons (Fsp3) is 0.167. The zero-order valence-corrected chi connectivity index (χ0v) is 17.2. The third kappa shape index (κ3) is 4.87. The summed E-state index contributed by atoms with van der Waals surface area (Å²) in [5.74, 6) is 3.12. The Morgan fingerprint density at radius 1 is 0.968 bits per heavy atom. The summed E-state index contributed by atoms with van der Waals surface area (Å²) in [4.78, 5) is 4.24. The predicted octanol–water partition coefficient (Wildman–Crippen LogP) is 5.31. The summed E-state index contributed by atoms with van der Waals surface area (Å²) >= 11 is 0. The first-order chi connectivity index (χ1) is 15.1. The molecule has 0 aliphatic carbocycles. The molecule has 0 bridgehead atoms. The standard InChI is InChI=1S/C24H21N3O4/c1-16-3-7-19(8-4-16)29-15-20-11-12-22(30-20)24-27-21(13-25)23(31-24)26-14-17-5-9-18(28-2)10-6-17/h3-12,26H,14-15H2,1-2H3. The molecule has 0 amide bonds. The van der Waals surface area contributed by atoms with Crippen LogP contribution in [0.5, 0.6) is 11.5 Å². The normalized spacial score (nSPS) is 10.5. The number of nitrogens with one attached hydrogen (secondary N) is 1. The lowest BCUT2D eigenvalue weighted by Gasteiger charge is -2.04. The minimum absolute atomic E-state index is 0.164. The second kappa shape index (κ2) is 9.09. The molecule has 0 unspecified atom stereocenters. The van der Waals surface area contributed by atoms with E-state index in [2.05, 4.69) is 10.3 Å². The maximum Gasteiger partial charge on any atom is 0.266 e. The van der Waals surface area contributed by atoms with E-state index in [-0.39, 0.29) is 18.2 Å². The molecular weight excluding hydrogens is 394 g/mol. The summed E-state index contributed by atoms with van der Waals surface area (Å²) in [6.45, 7) is 2.77. The smallest absolute Gasteiger partial charge is 0.266 e. The first-order valence-corrected chi connectivity index (χ1v) is 9.71. The van der Waals surface area contributed by atoms with E-state index in [4.69, 9.17) is 18.3 Å². The van der Waals surface area contributed by atoms with E-state index in [9.17, 15) is 5.26 Å². The lowest BCUT2D eigenvalue weighted by atomic mass is 10.2. The zero-order valence-electron chi connectivity index (χ0n) is 17.2. The molecule has 156 valence electrons. The number of hydrogen-bond acceptors (Lipinski definition) is 7. The van der Waals surface area contributed by atoms with Crippen LogP contribution in [0.2, 0.25) is 0 Å². The molecule has 0 aliphatic heterocycles. The van der Waals surface area contributed by atoms with Crippen molar-refractivity contribution in [2.24, 2.45) is 0 Å². The van der Waals surface area contributed by atoms with Gasteiger partial charge < -0.3 is 23.6 Å². The van der Waals surface area contributed by atoms with Crippen molar-refractivity contribution in [3.63, 3.8) is 0 Å². The van der Waals surface area contributed by atoms with E-state index < -0.39 is 0 Å². The van der Waals surface area contributed by atoms with Gasteiger partial charge in [-0.05, 0) is 48.9 Å². The van der Waals surface area contributed by atoms with Crippen LogP contribution in [0, 0.1) is 18.3 Å². The van der Waals surface area contributed by atoms with Gasteiger partial charge >= 0.3 is 0 Å². The number of aryl methyl sites for hydroxylation is 1. The minimum atomic E-state index is 0.164. The number of nitriles is 1. The van der Waals surface area contributed by atoms with Crippen molar-refractivity contribution in [2.45, 2.75) is 20.1 Å². The Kier molecular flexibility index (Phi) is 5.90. The van der Waals surface area contributed by atoms with Gasteiger partial charge in [-0.2, -0.15) is 10.2 Å². The summed E-state index contributed by atoms with van der Waals surface area (Å²) in [6, 6.07) is 21.0. The molecule has 0 spiro atoms. The lowest BCUT2D eigenvalue weighted by Crippen LogP contribution is -1.99. The topological polar surface area (TPSA) is 93.4 Å². The van der Waals surface area contributed by atoms with Crippen molar-refractivity contribution in [3.05, 3.63) is 83.2 Å². The summed E-state index contributed by atoms with van der Waals surface area (Å²) in [6.07, 6.45) is 0. The molecular formula is C24H21N3O4. The molecule has 0 radical (unpaired) electrons. The highest BCUT2D eigenvalue weighted by molar-refractivity contribution is 5.54. The van der Waals surface area contributed by atoms with E-state index in [0.717, 1.165) is 17.1 Å². The Morgan fingerprint density at radius 3 is 2.42 bits per heavy atom. The van der Waals surface area contributed by atoms with Gasteiger partial charge in [-0.1, -0.05) is 29.8 Å². The third-order valence-corrected chi connectivity index (χ3v) is 4.62. The number of oxazole rings is 1. The number of aromatic nitrogens is 1. The molecule has 0 saturated heterocycles. The Hall–Kier alpha value is -4.18. The van der Waals surface area contributed by atoms with Crippen LogP contribution in [0.15, 0.2) is 69.5 Å². The SMILES string of the molecule is COc1ccc(CNc2oc(-c3ccc(COc4ccc(C)cc4)o3)nc2C#N)cc1. The number of nitrogens with zero attached hydrogens (tertiary/aromatic N) is 2. The molecule has 4 aromatic rings. The van der Waals surface area contributed by atoms with Crippen molar-refractivity contribution < 1.29 is 18.3 Å². The van der Waals surface area contributed by atoms with Crippen LogP contribution in [0.25, 0.3) is 11.7 Å². The molecule has 0 atom stereocenters. The molecule has 2 aromatic carbocycles. The van der Waals surface area contributed by atoms with Crippen molar-refractivity contribution in [1.82, 2.24) is 4.98 Å². The predicted molar refractivity (Wildman–Crippen MR) is 115 cm³/mol. The number of anilines is 1. The maximum absolute atomic E-state index is 9.40. The molecule has 4 rings (SSSR count). The van der Waals surface area contributed by atoms with Crippen LogP contribution in [0.3, 0.4) is 0 Å². The Labute approximate surface area is 179 Å². The average molecular weight is 415 g/mol. The number of methoxy groups -OCH3 is 1. The Bertz CT molecular complexity index is 1190. The second-order valence-electron chi connectivity index (χ2n) is 6.88. The number of furan rings is 1. The molecule has 2 heterocycles.